The van der Waals surface area contributed by atoms with Crippen molar-refractivity contribution >= 4 is 22.6 Å². The molecule has 2 atom stereocenters. The lowest BCUT2D eigenvalue weighted by atomic mass is 9.94. The summed E-state index contributed by atoms with van der Waals surface area (Å²) in [5, 5.41) is 0. The fourth-order valence-corrected chi connectivity index (χ4v) is 3.44. The number of nitrogens with one attached hydrogen (secondary N) is 1. The van der Waals surface area contributed by atoms with Crippen molar-refractivity contribution < 1.29 is 21.6 Å². The van der Waals surface area contributed by atoms with Crippen molar-refractivity contribution in [2.75, 3.05) is 19.6 Å². The number of nitrogens with zero attached hydrogens (tertiary/aromatic N) is 1. The molecule has 1 rings (SSSR count). The summed E-state index contributed by atoms with van der Waals surface area (Å²) < 4.78 is 62.2. The van der Waals surface area contributed by atoms with Crippen LogP contribution in [0.1, 0.15) is 19.8 Å². The molecule has 1 fully saturated rings. The van der Waals surface area contributed by atoms with Crippen molar-refractivity contribution in [3.05, 3.63) is 0 Å². The molecule has 0 aromatic rings. The number of halogens is 4. The van der Waals surface area contributed by atoms with Crippen LogP contribution in [-0.2, 0) is 10.2 Å². The third-order valence-electron chi connectivity index (χ3n) is 2.96. The van der Waals surface area contributed by atoms with Crippen molar-refractivity contribution in [1.29, 1.82) is 0 Å². The first-order valence-corrected chi connectivity index (χ1v) is 7.13. The topological polar surface area (TPSA) is 75.4 Å². The fourth-order valence-electron chi connectivity index (χ4n) is 2.02. The molecule has 0 radical (unpaired) electrons. The van der Waals surface area contributed by atoms with E-state index in [0.29, 0.717) is 18.8 Å². The summed E-state index contributed by atoms with van der Waals surface area (Å²) in [6.07, 6.45) is -3.36. The van der Waals surface area contributed by atoms with E-state index >= 15 is 0 Å². The maximum Gasteiger partial charge on any atom is 0.402 e. The van der Waals surface area contributed by atoms with Gasteiger partial charge in [-0.1, -0.05) is 6.92 Å². The zero-order valence-corrected chi connectivity index (χ0v) is 12.1. The molecule has 1 saturated heterocycles. The summed E-state index contributed by atoms with van der Waals surface area (Å²) in [5.74, 6) is 0.326. The molecule has 0 aromatic heterocycles. The van der Waals surface area contributed by atoms with E-state index < -0.39 is 29.0 Å². The average molecular weight is 326 g/mol. The van der Waals surface area contributed by atoms with Crippen LogP contribution in [0.3, 0.4) is 0 Å². The molecule has 0 spiro atoms. The standard InChI is InChI=1S/C9H18F3N3O2S.ClH/c1-7-2-3-15(8(4-7)5-13)18(16,17)14-6-9(10,11)12;/h7-8,14H,2-6,13H2,1H3;1H. The highest BCUT2D eigenvalue weighted by Crippen LogP contribution is 2.24. The lowest BCUT2D eigenvalue weighted by Crippen LogP contribution is -2.54. The first-order chi connectivity index (χ1) is 8.15. The molecule has 1 aliphatic rings. The van der Waals surface area contributed by atoms with E-state index in [4.69, 9.17) is 5.73 Å². The van der Waals surface area contributed by atoms with Crippen LogP contribution in [0, 0.1) is 5.92 Å². The highest BCUT2D eigenvalue weighted by molar-refractivity contribution is 7.87. The minimum Gasteiger partial charge on any atom is -0.329 e. The first kappa shape index (κ1) is 18.9. The summed E-state index contributed by atoms with van der Waals surface area (Å²) in [5.41, 5.74) is 5.48. The summed E-state index contributed by atoms with van der Waals surface area (Å²) in [7, 11) is -4.12. The van der Waals surface area contributed by atoms with Crippen LogP contribution in [0.25, 0.3) is 0 Å². The number of rotatable bonds is 4. The second-order valence-corrected chi connectivity index (χ2v) is 6.28. The van der Waals surface area contributed by atoms with E-state index in [-0.39, 0.29) is 25.5 Å². The van der Waals surface area contributed by atoms with E-state index in [0.717, 1.165) is 4.31 Å². The molecule has 0 aliphatic carbocycles. The Labute approximate surface area is 117 Å². The Balaban J connectivity index is 0.00000324. The van der Waals surface area contributed by atoms with Gasteiger partial charge in [-0.25, -0.2) is 0 Å². The Bertz CT molecular complexity index is 377. The van der Waals surface area contributed by atoms with Gasteiger partial charge in [-0.15, -0.1) is 12.4 Å². The van der Waals surface area contributed by atoms with E-state index in [2.05, 4.69) is 0 Å². The van der Waals surface area contributed by atoms with E-state index in [1.54, 1.807) is 4.72 Å². The van der Waals surface area contributed by atoms with Crippen molar-refractivity contribution in [3.63, 3.8) is 0 Å². The Kier molecular flexibility index (Phi) is 7.04. The highest BCUT2D eigenvalue weighted by atomic mass is 35.5. The average Bonchev–Trinajstić information content (AvgIpc) is 2.25. The lowest BCUT2D eigenvalue weighted by molar-refractivity contribution is -0.121. The number of hydrogen-bond donors (Lipinski definition) is 2. The molecule has 19 heavy (non-hydrogen) atoms. The Morgan fingerprint density at radius 3 is 2.47 bits per heavy atom. The Morgan fingerprint density at radius 1 is 1.42 bits per heavy atom. The van der Waals surface area contributed by atoms with E-state index in [1.165, 1.54) is 0 Å². The molecule has 0 saturated carbocycles. The molecule has 0 amide bonds. The van der Waals surface area contributed by atoms with Crippen molar-refractivity contribution in [2.45, 2.75) is 32.0 Å². The van der Waals surface area contributed by atoms with E-state index in [9.17, 15) is 21.6 Å². The zero-order valence-electron chi connectivity index (χ0n) is 10.5. The van der Waals surface area contributed by atoms with Crippen LogP contribution in [0.2, 0.25) is 0 Å². The largest absolute Gasteiger partial charge is 0.402 e. The van der Waals surface area contributed by atoms with Crippen molar-refractivity contribution in [2.24, 2.45) is 11.7 Å². The van der Waals surface area contributed by atoms with Gasteiger partial charge in [0.1, 0.15) is 6.54 Å². The van der Waals surface area contributed by atoms with Gasteiger partial charge < -0.3 is 5.73 Å². The summed E-state index contributed by atoms with van der Waals surface area (Å²) in [4.78, 5) is 0. The van der Waals surface area contributed by atoms with Crippen LogP contribution in [0.15, 0.2) is 0 Å². The number of piperidine rings is 1. The Hall–Kier alpha value is -0.0900. The van der Waals surface area contributed by atoms with Crippen LogP contribution >= 0.6 is 12.4 Å². The molecule has 3 N–H and O–H groups in total. The van der Waals surface area contributed by atoms with Gasteiger partial charge in [0.2, 0.25) is 0 Å². The molecule has 116 valence electrons. The first-order valence-electron chi connectivity index (χ1n) is 5.69. The SMILES string of the molecule is CC1CCN(S(=O)(=O)NCC(F)(F)F)C(CN)C1.Cl. The number of alkyl halides is 3. The molecular formula is C9H19ClF3N3O2S. The zero-order chi connectivity index (χ0) is 14.0. The molecule has 10 heteroatoms. The number of hydrogen-bond acceptors (Lipinski definition) is 3. The molecule has 0 aromatic carbocycles. The molecule has 0 bridgehead atoms. The maximum absolute atomic E-state index is 12.0. The lowest BCUT2D eigenvalue weighted by Gasteiger charge is -2.36. The van der Waals surface area contributed by atoms with Crippen LogP contribution in [0.5, 0.6) is 0 Å². The molecule has 5 nitrogen and oxygen atoms in total. The van der Waals surface area contributed by atoms with Gasteiger partial charge in [0.05, 0.1) is 0 Å². The second kappa shape index (κ2) is 7.07. The van der Waals surface area contributed by atoms with Gasteiger partial charge in [0.15, 0.2) is 0 Å². The van der Waals surface area contributed by atoms with Crippen molar-refractivity contribution in [3.8, 4) is 0 Å². The summed E-state index contributed by atoms with van der Waals surface area (Å²) >= 11 is 0. The quantitative estimate of drug-likeness (QED) is 0.805. The van der Waals surface area contributed by atoms with Crippen LogP contribution in [0.4, 0.5) is 13.2 Å². The van der Waals surface area contributed by atoms with Gasteiger partial charge in [-0.3, -0.25) is 0 Å². The highest BCUT2D eigenvalue weighted by Gasteiger charge is 2.36. The summed E-state index contributed by atoms with van der Waals surface area (Å²) in [6.45, 7) is 0.724. The fraction of sp³-hybridized carbons (Fsp3) is 1.00. The van der Waals surface area contributed by atoms with E-state index in [1.807, 2.05) is 6.92 Å². The van der Waals surface area contributed by atoms with Crippen molar-refractivity contribution in [1.82, 2.24) is 9.03 Å². The second-order valence-electron chi connectivity index (χ2n) is 4.57. The monoisotopic (exact) mass is 325 g/mol. The normalized spacial score (nSPS) is 25.9. The molecule has 1 heterocycles. The van der Waals surface area contributed by atoms with Gasteiger partial charge in [-0.05, 0) is 18.8 Å². The Morgan fingerprint density at radius 2 is 2.00 bits per heavy atom. The molecular weight excluding hydrogens is 307 g/mol. The van der Waals surface area contributed by atoms with Gasteiger partial charge in [-0.2, -0.15) is 30.6 Å². The molecule has 2 unspecified atom stereocenters. The van der Waals surface area contributed by atoms with Crippen LogP contribution in [-0.4, -0.2) is 44.6 Å². The predicted molar refractivity (Wildman–Crippen MR) is 68.2 cm³/mol. The smallest absolute Gasteiger partial charge is 0.329 e. The van der Waals surface area contributed by atoms with Gasteiger partial charge in [0, 0.05) is 19.1 Å². The third kappa shape index (κ3) is 5.82. The van der Waals surface area contributed by atoms with Crippen LogP contribution < -0.4 is 10.5 Å². The van der Waals surface area contributed by atoms with Gasteiger partial charge in [0.25, 0.3) is 10.2 Å². The minimum absolute atomic E-state index is 0. The maximum atomic E-state index is 12.0. The minimum atomic E-state index is -4.56. The van der Waals surface area contributed by atoms with Gasteiger partial charge >= 0.3 is 6.18 Å². The predicted octanol–water partition coefficient (Wildman–Crippen LogP) is 0.864. The number of nitrogens with two attached hydrogens (primary N) is 1. The molecule has 1 aliphatic heterocycles. The third-order valence-corrected chi connectivity index (χ3v) is 4.57. The summed E-state index contributed by atoms with van der Waals surface area (Å²) in [6, 6.07) is -0.431.